The zero-order valence-electron chi connectivity index (χ0n) is 18.4. The number of benzene rings is 2. The maximum Gasteiger partial charge on any atom is 0.270 e. The molecule has 0 radical (unpaired) electrons. The maximum absolute atomic E-state index is 13.2. The summed E-state index contributed by atoms with van der Waals surface area (Å²) >= 11 is 0. The second-order valence-electron chi connectivity index (χ2n) is 8.52. The molecular formula is C26H27N3O3. The normalized spacial score (nSPS) is 16.4. The number of piperidine rings is 1. The molecule has 1 atom stereocenters. The van der Waals surface area contributed by atoms with Gasteiger partial charge in [-0.15, -0.1) is 0 Å². The highest BCUT2D eigenvalue weighted by Gasteiger charge is 2.29. The summed E-state index contributed by atoms with van der Waals surface area (Å²) in [7, 11) is 1.67. The van der Waals surface area contributed by atoms with Gasteiger partial charge in [-0.1, -0.05) is 30.3 Å². The molecule has 2 aromatic heterocycles. The Morgan fingerprint density at radius 2 is 2.12 bits per heavy atom. The molecule has 5 rings (SSSR count). The smallest absolute Gasteiger partial charge is 0.270 e. The lowest BCUT2D eigenvalue weighted by Gasteiger charge is -2.31. The largest absolute Gasteiger partial charge is 0.496 e. The summed E-state index contributed by atoms with van der Waals surface area (Å²) in [6.45, 7) is 3.41. The highest BCUT2D eigenvalue weighted by atomic mass is 16.5. The summed E-state index contributed by atoms with van der Waals surface area (Å²) in [5.41, 5.74) is 3.86. The number of nitrogens with zero attached hydrogens (tertiary/aromatic N) is 2. The van der Waals surface area contributed by atoms with Gasteiger partial charge in [0, 0.05) is 36.0 Å². The van der Waals surface area contributed by atoms with Gasteiger partial charge in [-0.3, -0.25) is 4.79 Å². The molecule has 6 heteroatoms. The molecule has 1 unspecified atom stereocenters. The van der Waals surface area contributed by atoms with Crippen LogP contribution in [0.1, 0.15) is 52.0 Å². The first-order chi connectivity index (χ1) is 15.6. The third-order valence-corrected chi connectivity index (χ3v) is 6.19. The van der Waals surface area contributed by atoms with E-state index in [1.807, 2.05) is 41.3 Å². The van der Waals surface area contributed by atoms with Crippen LogP contribution in [0, 0.1) is 6.92 Å². The second-order valence-corrected chi connectivity index (χ2v) is 8.52. The summed E-state index contributed by atoms with van der Waals surface area (Å²) in [5, 5.41) is 1.06. The summed E-state index contributed by atoms with van der Waals surface area (Å²) in [4.78, 5) is 22.9. The SMILES string of the molecule is COc1ccccc1Cc1cnc(C2CCCN(C(=O)c3cc4ccc(C)cc4[nH]3)C2)o1. The number of carbonyl (C=O) groups is 1. The van der Waals surface area contributed by atoms with Gasteiger partial charge in [0.1, 0.15) is 17.2 Å². The van der Waals surface area contributed by atoms with Gasteiger partial charge in [0.2, 0.25) is 0 Å². The van der Waals surface area contributed by atoms with Crippen LogP contribution < -0.4 is 4.74 Å². The zero-order valence-corrected chi connectivity index (χ0v) is 18.4. The highest BCUT2D eigenvalue weighted by Crippen LogP contribution is 2.29. The Kier molecular flexibility index (Phi) is 5.43. The number of amides is 1. The van der Waals surface area contributed by atoms with Gasteiger partial charge < -0.3 is 19.0 Å². The summed E-state index contributed by atoms with van der Waals surface area (Å²) in [5.74, 6) is 2.49. The summed E-state index contributed by atoms with van der Waals surface area (Å²) < 4.78 is 11.6. The molecule has 0 saturated carbocycles. The Hall–Kier alpha value is -3.54. The molecule has 164 valence electrons. The van der Waals surface area contributed by atoms with Gasteiger partial charge in [0.25, 0.3) is 5.91 Å². The second kappa shape index (κ2) is 8.54. The highest BCUT2D eigenvalue weighted by molar-refractivity contribution is 5.98. The number of hydrogen-bond donors (Lipinski definition) is 1. The molecule has 1 fully saturated rings. The van der Waals surface area contributed by atoms with Crippen LogP contribution in [-0.4, -0.2) is 41.0 Å². The lowest BCUT2D eigenvalue weighted by molar-refractivity contribution is 0.0693. The molecule has 1 aliphatic heterocycles. The summed E-state index contributed by atoms with van der Waals surface area (Å²) in [6, 6.07) is 16.0. The van der Waals surface area contributed by atoms with Crippen LogP contribution in [0.3, 0.4) is 0 Å². The molecule has 0 spiro atoms. The zero-order chi connectivity index (χ0) is 22.1. The minimum Gasteiger partial charge on any atom is -0.496 e. The van der Waals surface area contributed by atoms with E-state index in [1.165, 1.54) is 5.56 Å². The van der Waals surface area contributed by atoms with Crippen molar-refractivity contribution in [1.82, 2.24) is 14.9 Å². The third kappa shape index (κ3) is 4.00. The van der Waals surface area contributed by atoms with E-state index in [0.29, 0.717) is 24.6 Å². The van der Waals surface area contributed by atoms with Gasteiger partial charge in [0.15, 0.2) is 5.89 Å². The molecule has 32 heavy (non-hydrogen) atoms. The molecule has 6 nitrogen and oxygen atoms in total. The van der Waals surface area contributed by atoms with Crippen molar-refractivity contribution in [1.29, 1.82) is 0 Å². The van der Waals surface area contributed by atoms with Crippen molar-refractivity contribution in [3.63, 3.8) is 0 Å². The number of hydrogen-bond acceptors (Lipinski definition) is 4. The van der Waals surface area contributed by atoms with E-state index < -0.39 is 0 Å². The van der Waals surface area contributed by atoms with Gasteiger partial charge in [0.05, 0.1) is 19.2 Å². The van der Waals surface area contributed by atoms with Crippen molar-refractivity contribution in [2.75, 3.05) is 20.2 Å². The van der Waals surface area contributed by atoms with E-state index in [-0.39, 0.29) is 11.8 Å². The van der Waals surface area contributed by atoms with Gasteiger partial charge in [-0.05, 0) is 43.5 Å². The number of ether oxygens (including phenoxy) is 1. The lowest BCUT2D eigenvalue weighted by Crippen LogP contribution is -2.39. The van der Waals surface area contributed by atoms with E-state index in [1.54, 1.807) is 13.3 Å². The number of likely N-dealkylation sites (tertiary alicyclic amines) is 1. The van der Waals surface area contributed by atoms with Crippen molar-refractivity contribution in [3.8, 4) is 5.75 Å². The Balaban J connectivity index is 1.30. The lowest BCUT2D eigenvalue weighted by atomic mass is 9.97. The third-order valence-electron chi connectivity index (χ3n) is 6.19. The molecular weight excluding hydrogens is 402 g/mol. The van der Waals surface area contributed by atoms with E-state index in [0.717, 1.165) is 47.4 Å². The number of H-pyrrole nitrogens is 1. The predicted octanol–water partition coefficient (Wildman–Crippen LogP) is 5.08. The van der Waals surface area contributed by atoms with Crippen molar-refractivity contribution in [2.24, 2.45) is 0 Å². The first kappa shape index (κ1) is 20.4. The Labute approximate surface area is 187 Å². The van der Waals surface area contributed by atoms with E-state index in [9.17, 15) is 4.79 Å². The van der Waals surface area contributed by atoms with Crippen LogP contribution >= 0.6 is 0 Å². The average molecular weight is 430 g/mol. The molecule has 3 heterocycles. The summed E-state index contributed by atoms with van der Waals surface area (Å²) in [6.07, 6.45) is 4.31. The molecule has 0 bridgehead atoms. The van der Waals surface area contributed by atoms with Gasteiger partial charge in [-0.2, -0.15) is 0 Å². The molecule has 1 amide bonds. The van der Waals surface area contributed by atoms with E-state index in [4.69, 9.17) is 9.15 Å². The standard InChI is InChI=1S/C26H27N3O3/c1-17-9-10-18-14-23(28-22(18)12-17)26(30)29-11-5-7-20(16-29)25-27-15-21(32-25)13-19-6-3-4-8-24(19)31-2/h3-4,6,8-10,12,14-15,20,28H,5,7,11,13,16H2,1-2H3. The average Bonchev–Trinajstić information content (AvgIpc) is 3.46. The molecule has 1 aliphatic rings. The van der Waals surface area contributed by atoms with E-state index in [2.05, 4.69) is 29.0 Å². The number of methoxy groups -OCH3 is 1. The fourth-order valence-electron chi connectivity index (χ4n) is 4.52. The van der Waals surface area contributed by atoms with Crippen LogP contribution in [-0.2, 0) is 6.42 Å². The van der Waals surface area contributed by atoms with Crippen molar-refractivity contribution < 1.29 is 13.9 Å². The molecule has 1 N–H and O–H groups in total. The molecule has 0 aliphatic carbocycles. The number of aromatic amines is 1. The van der Waals surface area contributed by atoms with Gasteiger partial charge >= 0.3 is 0 Å². The van der Waals surface area contributed by atoms with Crippen molar-refractivity contribution in [3.05, 3.63) is 83.2 Å². The molecule has 1 saturated heterocycles. The fourth-order valence-corrected chi connectivity index (χ4v) is 4.52. The molecule has 4 aromatic rings. The monoisotopic (exact) mass is 429 g/mol. The minimum absolute atomic E-state index is 0.0318. The Morgan fingerprint density at radius 3 is 3.00 bits per heavy atom. The first-order valence-electron chi connectivity index (χ1n) is 11.1. The molecule has 2 aromatic carbocycles. The van der Waals surface area contributed by atoms with Gasteiger partial charge in [-0.25, -0.2) is 4.98 Å². The Morgan fingerprint density at radius 1 is 1.25 bits per heavy atom. The van der Waals surface area contributed by atoms with Crippen LogP contribution in [0.2, 0.25) is 0 Å². The van der Waals surface area contributed by atoms with Crippen molar-refractivity contribution >= 4 is 16.8 Å². The predicted molar refractivity (Wildman–Crippen MR) is 123 cm³/mol. The number of nitrogens with one attached hydrogen (secondary N) is 1. The topological polar surface area (TPSA) is 71.4 Å². The number of aryl methyl sites for hydroxylation is 1. The fraction of sp³-hybridized carbons (Fsp3) is 0.308. The van der Waals surface area contributed by atoms with Crippen molar-refractivity contribution in [2.45, 2.75) is 32.1 Å². The number of rotatable bonds is 5. The number of fused-ring (bicyclic) bond motifs is 1. The number of carbonyl (C=O) groups excluding carboxylic acids is 1. The maximum atomic E-state index is 13.2. The Bertz CT molecular complexity index is 1260. The number of aromatic nitrogens is 2. The van der Waals surface area contributed by atoms with Crippen LogP contribution in [0.15, 0.2) is 59.1 Å². The number of para-hydroxylation sites is 1. The van der Waals surface area contributed by atoms with Crippen LogP contribution in [0.5, 0.6) is 5.75 Å². The quantitative estimate of drug-likeness (QED) is 0.480. The van der Waals surface area contributed by atoms with Crippen LogP contribution in [0.4, 0.5) is 0 Å². The van der Waals surface area contributed by atoms with E-state index >= 15 is 0 Å². The first-order valence-corrected chi connectivity index (χ1v) is 11.1. The minimum atomic E-state index is 0.0318. The van der Waals surface area contributed by atoms with Crippen LogP contribution in [0.25, 0.3) is 10.9 Å². The number of oxazole rings is 1.